The molecule has 3 heterocycles. The molecule has 0 amide bonds. The van der Waals surface area contributed by atoms with Gasteiger partial charge in [-0.05, 0) is 24.6 Å². The van der Waals surface area contributed by atoms with E-state index in [1.807, 2.05) is 13.0 Å². The van der Waals surface area contributed by atoms with Gasteiger partial charge in [0.1, 0.15) is 5.82 Å². The molecule has 3 aromatic rings. The van der Waals surface area contributed by atoms with Gasteiger partial charge in [0, 0.05) is 24.0 Å². The lowest BCUT2D eigenvalue weighted by Crippen LogP contribution is -2.01. The van der Waals surface area contributed by atoms with Gasteiger partial charge in [-0.2, -0.15) is 0 Å². The predicted molar refractivity (Wildman–Crippen MR) is 64.7 cm³/mol. The maximum Gasteiger partial charge on any atom is 0.247 e. The highest BCUT2D eigenvalue weighted by atomic mass is 16.1. The third-order valence-electron chi connectivity index (χ3n) is 2.66. The van der Waals surface area contributed by atoms with Gasteiger partial charge in [-0.25, -0.2) is 9.97 Å². The Hall–Kier alpha value is -2.43. The molecule has 2 N–H and O–H groups in total. The van der Waals surface area contributed by atoms with Gasteiger partial charge in [0.15, 0.2) is 5.65 Å². The molecule has 0 bridgehead atoms. The predicted octanol–water partition coefficient (Wildman–Crippen LogP) is 1.62. The normalized spacial score (nSPS) is 10.9. The molecule has 0 aromatic carbocycles. The zero-order chi connectivity index (χ0) is 11.8. The summed E-state index contributed by atoms with van der Waals surface area (Å²) in [6, 6.07) is 5.13. The number of hydrogen-bond acceptors (Lipinski definition) is 3. The molecular weight excluding hydrogens is 216 g/mol. The van der Waals surface area contributed by atoms with Gasteiger partial charge < -0.3 is 9.97 Å². The van der Waals surface area contributed by atoms with E-state index in [0.29, 0.717) is 11.5 Å². The molecule has 0 atom stereocenters. The Kier molecular flexibility index (Phi) is 2.04. The molecular formula is C12H10N4O. The van der Waals surface area contributed by atoms with Crippen molar-refractivity contribution in [2.45, 2.75) is 6.92 Å². The van der Waals surface area contributed by atoms with Crippen LogP contribution in [0.2, 0.25) is 0 Å². The van der Waals surface area contributed by atoms with E-state index in [0.717, 1.165) is 16.6 Å². The zero-order valence-corrected chi connectivity index (χ0v) is 9.19. The van der Waals surface area contributed by atoms with E-state index >= 15 is 0 Å². The Morgan fingerprint density at radius 1 is 1.24 bits per heavy atom. The second-order valence-corrected chi connectivity index (χ2v) is 3.85. The first-order chi connectivity index (χ1) is 8.24. The summed E-state index contributed by atoms with van der Waals surface area (Å²) in [4.78, 5) is 25.4. The number of hydrogen-bond donors (Lipinski definition) is 2. The van der Waals surface area contributed by atoms with E-state index in [-0.39, 0.29) is 5.56 Å². The van der Waals surface area contributed by atoms with Crippen molar-refractivity contribution in [2.24, 2.45) is 0 Å². The number of imidazole rings is 1. The lowest BCUT2D eigenvalue weighted by Gasteiger charge is -1.93. The number of pyridine rings is 2. The minimum absolute atomic E-state index is 0.126. The summed E-state index contributed by atoms with van der Waals surface area (Å²) in [5.41, 5.74) is 3.42. The second kappa shape index (κ2) is 3.55. The molecule has 0 aliphatic heterocycles. The Morgan fingerprint density at radius 2 is 2.12 bits per heavy atom. The van der Waals surface area contributed by atoms with Gasteiger partial charge in [0.2, 0.25) is 5.56 Å². The Labute approximate surface area is 96.6 Å². The lowest BCUT2D eigenvalue weighted by molar-refractivity contribution is 1.21. The average molecular weight is 226 g/mol. The standard InChI is InChI=1S/C12H10N4O/c1-7-4-5-13-12-10(7)15-11(16-12)8-2-3-9(17)14-6-8/h2-6H,1H3,(H,14,17)(H,13,15,16). The van der Waals surface area contributed by atoms with Crippen molar-refractivity contribution in [3.8, 4) is 11.4 Å². The van der Waals surface area contributed by atoms with E-state index in [1.165, 1.54) is 6.07 Å². The molecule has 0 radical (unpaired) electrons. The van der Waals surface area contributed by atoms with Crippen LogP contribution in [0, 0.1) is 6.92 Å². The average Bonchev–Trinajstić information content (AvgIpc) is 2.75. The van der Waals surface area contributed by atoms with E-state index in [9.17, 15) is 4.79 Å². The van der Waals surface area contributed by atoms with Crippen molar-refractivity contribution in [3.63, 3.8) is 0 Å². The van der Waals surface area contributed by atoms with Crippen molar-refractivity contribution in [1.82, 2.24) is 19.9 Å². The number of rotatable bonds is 1. The molecule has 17 heavy (non-hydrogen) atoms. The Bertz CT molecular complexity index is 721. The molecule has 5 heteroatoms. The highest BCUT2D eigenvalue weighted by molar-refractivity contribution is 5.78. The quantitative estimate of drug-likeness (QED) is 0.662. The Morgan fingerprint density at radius 3 is 2.82 bits per heavy atom. The summed E-state index contributed by atoms with van der Waals surface area (Å²) < 4.78 is 0. The molecule has 0 aliphatic rings. The van der Waals surface area contributed by atoms with Crippen molar-refractivity contribution in [1.29, 1.82) is 0 Å². The zero-order valence-electron chi connectivity index (χ0n) is 9.19. The molecule has 0 saturated heterocycles. The van der Waals surface area contributed by atoms with E-state index in [4.69, 9.17) is 0 Å². The summed E-state index contributed by atoms with van der Waals surface area (Å²) in [5, 5.41) is 0. The maximum absolute atomic E-state index is 11.0. The summed E-state index contributed by atoms with van der Waals surface area (Å²) in [6.45, 7) is 2.00. The summed E-state index contributed by atoms with van der Waals surface area (Å²) in [5.74, 6) is 0.707. The maximum atomic E-state index is 11.0. The topological polar surface area (TPSA) is 74.4 Å². The van der Waals surface area contributed by atoms with E-state index in [2.05, 4.69) is 19.9 Å². The van der Waals surface area contributed by atoms with Crippen LogP contribution in [0.3, 0.4) is 0 Å². The third kappa shape index (κ3) is 1.61. The van der Waals surface area contributed by atoms with Gasteiger partial charge in [-0.3, -0.25) is 4.79 Å². The molecule has 84 valence electrons. The lowest BCUT2D eigenvalue weighted by atomic mass is 10.3. The van der Waals surface area contributed by atoms with Crippen LogP contribution >= 0.6 is 0 Å². The number of aryl methyl sites for hydroxylation is 1. The van der Waals surface area contributed by atoms with Crippen LogP contribution in [0.25, 0.3) is 22.6 Å². The largest absolute Gasteiger partial charge is 0.336 e. The summed E-state index contributed by atoms with van der Waals surface area (Å²) in [6.07, 6.45) is 3.37. The van der Waals surface area contributed by atoms with Crippen LogP contribution in [0.1, 0.15) is 5.56 Å². The van der Waals surface area contributed by atoms with Crippen molar-refractivity contribution in [3.05, 3.63) is 46.5 Å². The molecule has 0 fully saturated rings. The van der Waals surface area contributed by atoms with Gasteiger partial charge >= 0.3 is 0 Å². The number of nitrogens with one attached hydrogen (secondary N) is 2. The van der Waals surface area contributed by atoms with Gasteiger partial charge in [-0.15, -0.1) is 0 Å². The summed E-state index contributed by atoms with van der Waals surface area (Å²) in [7, 11) is 0. The molecule has 5 nitrogen and oxygen atoms in total. The number of aromatic nitrogens is 4. The van der Waals surface area contributed by atoms with E-state index in [1.54, 1.807) is 18.5 Å². The van der Waals surface area contributed by atoms with Crippen molar-refractivity contribution >= 4 is 11.2 Å². The molecule has 3 aromatic heterocycles. The van der Waals surface area contributed by atoms with Gasteiger partial charge in [-0.1, -0.05) is 0 Å². The Balaban J connectivity index is 2.21. The second-order valence-electron chi connectivity index (χ2n) is 3.85. The van der Waals surface area contributed by atoms with Crippen LogP contribution < -0.4 is 5.56 Å². The fraction of sp³-hybridized carbons (Fsp3) is 0.0833. The van der Waals surface area contributed by atoms with Crippen LogP contribution in [-0.2, 0) is 0 Å². The number of H-pyrrole nitrogens is 2. The fourth-order valence-corrected chi connectivity index (χ4v) is 1.73. The number of nitrogens with zero attached hydrogens (tertiary/aromatic N) is 2. The van der Waals surface area contributed by atoms with Crippen molar-refractivity contribution in [2.75, 3.05) is 0 Å². The minimum Gasteiger partial charge on any atom is -0.336 e. The highest BCUT2D eigenvalue weighted by Gasteiger charge is 2.07. The van der Waals surface area contributed by atoms with Crippen LogP contribution in [0.4, 0.5) is 0 Å². The smallest absolute Gasteiger partial charge is 0.247 e. The number of aromatic amines is 2. The third-order valence-corrected chi connectivity index (χ3v) is 2.66. The first-order valence-corrected chi connectivity index (χ1v) is 5.24. The molecule has 3 rings (SSSR count). The molecule has 0 aliphatic carbocycles. The molecule has 0 spiro atoms. The van der Waals surface area contributed by atoms with Crippen LogP contribution in [0.5, 0.6) is 0 Å². The highest BCUT2D eigenvalue weighted by Crippen LogP contribution is 2.19. The van der Waals surface area contributed by atoms with Crippen molar-refractivity contribution < 1.29 is 0 Å². The fourth-order valence-electron chi connectivity index (χ4n) is 1.73. The summed E-state index contributed by atoms with van der Waals surface area (Å²) >= 11 is 0. The molecule has 0 saturated carbocycles. The first kappa shape index (κ1) is 9.77. The SMILES string of the molecule is Cc1ccnc2nc(-c3ccc(=O)[nH]c3)[nH]c12. The van der Waals surface area contributed by atoms with E-state index < -0.39 is 0 Å². The van der Waals surface area contributed by atoms with Gasteiger partial charge in [0.05, 0.1) is 5.52 Å². The monoisotopic (exact) mass is 226 g/mol. The van der Waals surface area contributed by atoms with Gasteiger partial charge in [0.25, 0.3) is 0 Å². The number of fused-ring (bicyclic) bond motifs is 1. The van der Waals surface area contributed by atoms with Crippen LogP contribution in [-0.4, -0.2) is 19.9 Å². The minimum atomic E-state index is -0.126. The van der Waals surface area contributed by atoms with Crippen LogP contribution in [0.15, 0.2) is 35.4 Å². The molecule has 0 unspecified atom stereocenters. The first-order valence-electron chi connectivity index (χ1n) is 5.24.